The molecule has 0 bridgehead atoms. The minimum Gasteiger partial charge on any atom is -0.480 e. The van der Waals surface area contributed by atoms with Crippen molar-refractivity contribution >= 4 is 11.9 Å². The number of carbonyl (C=O) groups is 2. The molecule has 1 aromatic carbocycles. The molecule has 1 amide bonds. The first-order valence-corrected chi connectivity index (χ1v) is 5.90. The van der Waals surface area contributed by atoms with E-state index in [1.807, 2.05) is 44.2 Å². The number of amides is 1. The van der Waals surface area contributed by atoms with Crippen LogP contribution in [0.4, 0.5) is 0 Å². The summed E-state index contributed by atoms with van der Waals surface area (Å²) in [7, 11) is 0. The van der Waals surface area contributed by atoms with Crippen molar-refractivity contribution in [3.8, 4) is 0 Å². The Morgan fingerprint density at radius 3 is 2.33 bits per heavy atom. The van der Waals surface area contributed by atoms with E-state index in [9.17, 15) is 9.59 Å². The minimum atomic E-state index is -1.03. The van der Waals surface area contributed by atoms with Gasteiger partial charge in [-0.1, -0.05) is 44.2 Å². The summed E-state index contributed by atoms with van der Waals surface area (Å²) >= 11 is 0. The molecule has 1 aromatic rings. The minimum absolute atomic E-state index is 0.251. The molecule has 0 aromatic heterocycles. The number of rotatable bonds is 5. The van der Waals surface area contributed by atoms with Crippen molar-refractivity contribution in [3.63, 3.8) is 0 Å². The van der Waals surface area contributed by atoms with Crippen LogP contribution in [0.2, 0.25) is 0 Å². The third-order valence-corrected chi connectivity index (χ3v) is 2.91. The Kier molecular flexibility index (Phi) is 4.48. The maximum Gasteiger partial charge on any atom is 0.325 e. The van der Waals surface area contributed by atoms with Gasteiger partial charge in [-0.15, -0.1) is 0 Å². The zero-order valence-corrected chi connectivity index (χ0v) is 10.9. The van der Waals surface area contributed by atoms with Crippen molar-refractivity contribution in [1.82, 2.24) is 5.32 Å². The van der Waals surface area contributed by atoms with Crippen LogP contribution in [0.25, 0.3) is 0 Å². The quantitative estimate of drug-likeness (QED) is 0.838. The maximum atomic E-state index is 11.8. The summed E-state index contributed by atoms with van der Waals surface area (Å²) in [4.78, 5) is 22.4. The fraction of sp³-hybridized carbons (Fsp3) is 0.429. The molecule has 0 aliphatic carbocycles. The molecule has 1 rings (SSSR count). The predicted molar refractivity (Wildman–Crippen MR) is 69.3 cm³/mol. The molecular formula is C14H19NO3. The molecule has 0 saturated heterocycles. The van der Waals surface area contributed by atoms with Crippen LogP contribution in [-0.4, -0.2) is 23.0 Å². The van der Waals surface area contributed by atoms with Gasteiger partial charge in [0.25, 0.3) is 0 Å². The summed E-state index contributed by atoms with van der Waals surface area (Å²) in [6.45, 7) is 5.39. The van der Waals surface area contributed by atoms with E-state index < -0.39 is 12.0 Å². The Morgan fingerprint density at radius 2 is 1.83 bits per heavy atom. The van der Waals surface area contributed by atoms with Crippen LogP contribution >= 0.6 is 0 Å². The summed E-state index contributed by atoms with van der Waals surface area (Å²) in [6.07, 6.45) is 0.259. The fourth-order valence-electron chi connectivity index (χ4n) is 1.75. The number of benzene rings is 1. The zero-order chi connectivity index (χ0) is 13.8. The highest BCUT2D eigenvalue weighted by molar-refractivity contribution is 5.83. The monoisotopic (exact) mass is 249 g/mol. The molecule has 4 nitrogen and oxygen atoms in total. The first-order valence-electron chi connectivity index (χ1n) is 5.90. The number of carboxylic acids is 1. The Labute approximate surface area is 107 Å². The van der Waals surface area contributed by atoms with Crippen molar-refractivity contribution in [2.75, 3.05) is 0 Å². The SMILES string of the molecule is CC(NC(=O)CC(C)(C)c1ccccc1)C(=O)O. The standard InChI is InChI=1S/C14H19NO3/c1-10(13(17)18)15-12(16)9-14(2,3)11-7-5-4-6-8-11/h4-8,10H,9H2,1-3H3,(H,15,16)(H,17,18). The third kappa shape index (κ3) is 3.87. The zero-order valence-electron chi connectivity index (χ0n) is 10.9. The van der Waals surface area contributed by atoms with Gasteiger partial charge in [0.2, 0.25) is 5.91 Å². The van der Waals surface area contributed by atoms with Crippen molar-refractivity contribution in [1.29, 1.82) is 0 Å². The topological polar surface area (TPSA) is 66.4 Å². The van der Waals surface area contributed by atoms with Gasteiger partial charge in [0.05, 0.1) is 0 Å². The van der Waals surface area contributed by atoms with Gasteiger partial charge in [-0.05, 0) is 17.9 Å². The van der Waals surface area contributed by atoms with E-state index in [-0.39, 0.29) is 17.7 Å². The van der Waals surface area contributed by atoms with Crippen LogP contribution in [0.3, 0.4) is 0 Å². The fourth-order valence-corrected chi connectivity index (χ4v) is 1.75. The average Bonchev–Trinajstić information content (AvgIpc) is 2.29. The molecule has 18 heavy (non-hydrogen) atoms. The molecule has 0 aliphatic rings. The van der Waals surface area contributed by atoms with E-state index in [1.165, 1.54) is 6.92 Å². The maximum absolute atomic E-state index is 11.8. The summed E-state index contributed by atoms with van der Waals surface area (Å²) < 4.78 is 0. The van der Waals surface area contributed by atoms with Gasteiger partial charge in [0.15, 0.2) is 0 Å². The largest absolute Gasteiger partial charge is 0.480 e. The number of aliphatic carboxylic acids is 1. The van der Waals surface area contributed by atoms with Crippen LogP contribution in [0, 0.1) is 0 Å². The molecular weight excluding hydrogens is 230 g/mol. The number of carboxylic acid groups (broad SMARTS) is 1. The van der Waals surface area contributed by atoms with Crippen LogP contribution in [-0.2, 0) is 15.0 Å². The number of nitrogens with one attached hydrogen (secondary N) is 1. The van der Waals surface area contributed by atoms with Crippen molar-refractivity contribution in [3.05, 3.63) is 35.9 Å². The van der Waals surface area contributed by atoms with Crippen LogP contribution in [0.5, 0.6) is 0 Å². The summed E-state index contributed by atoms with van der Waals surface area (Å²) in [6, 6.07) is 8.85. The second kappa shape index (κ2) is 5.67. The Morgan fingerprint density at radius 1 is 1.28 bits per heavy atom. The van der Waals surface area contributed by atoms with Crippen molar-refractivity contribution < 1.29 is 14.7 Å². The van der Waals surface area contributed by atoms with E-state index in [0.717, 1.165) is 5.56 Å². The molecule has 0 radical (unpaired) electrons. The van der Waals surface area contributed by atoms with Crippen LogP contribution in [0.15, 0.2) is 30.3 Å². The molecule has 0 fully saturated rings. The van der Waals surface area contributed by atoms with Gasteiger partial charge in [0.1, 0.15) is 6.04 Å². The molecule has 0 spiro atoms. The van der Waals surface area contributed by atoms with E-state index in [0.29, 0.717) is 0 Å². The number of hydrogen-bond acceptors (Lipinski definition) is 2. The second-order valence-electron chi connectivity index (χ2n) is 5.05. The van der Waals surface area contributed by atoms with Gasteiger partial charge < -0.3 is 10.4 Å². The summed E-state index contributed by atoms with van der Waals surface area (Å²) in [5.41, 5.74) is 0.743. The average molecular weight is 249 g/mol. The number of hydrogen-bond donors (Lipinski definition) is 2. The predicted octanol–water partition coefficient (Wildman–Crippen LogP) is 1.94. The second-order valence-corrected chi connectivity index (χ2v) is 5.05. The van der Waals surface area contributed by atoms with Crippen molar-refractivity contribution in [2.24, 2.45) is 0 Å². The lowest BCUT2D eigenvalue weighted by Gasteiger charge is -2.25. The Balaban J connectivity index is 2.66. The van der Waals surface area contributed by atoms with Gasteiger partial charge in [-0.3, -0.25) is 9.59 Å². The Hall–Kier alpha value is -1.84. The van der Waals surface area contributed by atoms with Gasteiger partial charge in [-0.25, -0.2) is 0 Å². The van der Waals surface area contributed by atoms with E-state index in [2.05, 4.69) is 5.32 Å². The normalized spacial score (nSPS) is 12.8. The molecule has 4 heteroatoms. The van der Waals surface area contributed by atoms with Gasteiger partial charge >= 0.3 is 5.97 Å². The summed E-state index contributed by atoms with van der Waals surface area (Å²) in [5, 5.41) is 11.2. The third-order valence-electron chi connectivity index (χ3n) is 2.91. The first kappa shape index (κ1) is 14.2. The van der Waals surface area contributed by atoms with Gasteiger partial charge in [-0.2, -0.15) is 0 Å². The molecule has 98 valence electrons. The van der Waals surface area contributed by atoms with Crippen molar-refractivity contribution in [2.45, 2.75) is 38.6 Å². The summed E-state index contributed by atoms with van der Waals surface area (Å²) in [5.74, 6) is -1.28. The van der Waals surface area contributed by atoms with Gasteiger partial charge in [0, 0.05) is 6.42 Å². The van der Waals surface area contributed by atoms with E-state index in [1.54, 1.807) is 0 Å². The van der Waals surface area contributed by atoms with Crippen LogP contribution in [0.1, 0.15) is 32.8 Å². The highest BCUT2D eigenvalue weighted by Crippen LogP contribution is 2.26. The van der Waals surface area contributed by atoms with E-state index >= 15 is 0 Å². The molecule has 0 heterocycles. The molecule has 0 aliphatic heterocycles. The van der Waals surface area contributed by atoms with E-state index in [4.69, 9.17) is 5.11 Å². The lowest BCUT2D eigenvalue weighted by atomic mass is 9.81. The highest BCUT2D eigenvalue weighted by atomic mass is 16.4. The van der Waals surface area contributed by atoms with Crippen LogP contribution < -0.4 is 5.32 Å². The molecule has 0 saturated carbocycles. The Bertz CT molecular complexity index is 426. The highest BCUT2D eigenvalue weighted by Gasteiger charge is 2.25. The molecule has 1 atom stereocenters. The molecule has 1 unspecified atom stereocenters. The lowest BCUT2D eigenvalue weighted by Crippen LogP contribution is -2.40. The molecule has 2 N–H and O–H groups in total. The smallest absolute Gasteiger partial charge is 0.325 e. The lowest BCUT2D eigenvalue weighted by molar-refractivity contribution is -0.141. The first-order chi connectivity index (χ1) is 8.33. The number of carbonyl (C=O) groups excluding carboxylic acids is 1.